The van der Waals surface area contributed by atoms with E-state index in [1.165, 1.54) is 35.5 Å². The number of esters is 1. The van der Waals surface area contributed by atoms with Gasteiger partial charge in [-0.15, -0.1) is 0 Å². The van der Waals surface area contributed by atoms with Gasteiger partial charge in [0, 0.05) is 20.1 Å². The van der Waals surface area contributed by atoms with E-state index in [9.17, 15) is 18.0 Å². The summed E-state index contributed by atoms with van der Waals surface area (Å²) in [6.45, 7) is 9.23. The largest absolute Gasteiger partial charge is 0.449 e. The Morgan fingerprint density at radius 2 is 1.73 bits per heavy atom. The molecule has 0 spiro atoms. The van der Waals surface area contributed by atoms with Gasteiger partial charge in [-0.1, -0.05) is 0 Å². The van der Waals surface area contributed by atoms with Crippen LogP contribution in [0.3, 0.4) is 0 Å². The molecule has 1 aromatic heterocycles. The Bertz CT molecular complexity index is 1130. The third-order valence-corrected chi connectivity index (χ3v) is 7.37. The van der Waals surface area contributed by atoms with E-state index in [0.29, 0.717) is 11.4 Å². The highest BCUT2D eigenvalue weighted by molar-refractivity contribution is 7.89. The van der Waals surface area contributed by atoms with Crippen LogP contribution in [0.5, 0.6) is 0 Å². The molecule has 180 valence electrons. The van der Waals surface area contributed by atoms with E-state index in [0.717, 1.165) is 5.69 Å². The van der Waals surface area contributed by atoms with Crippen molar-refractivity contribution < 1.29 is 27.5 Å². The minimum atomic E-state index is -3.72. The molecule has 11 heteroatoms. The molecule has 33 heavy (non-hydrogen) atoms. The Kier molecular flexibility index (Phi) is 7.25. The minimum Gasteiger partial charge on any atom is -0.449 e. The molecule has 0 radical (unpaired) electrons. The summed E-state index contributed by atoms with van der Waals surface area (Å²) in [6.07, 6.45) is -1.47. The molecule has 1 aliphatic heterocycles. The Balaban J connectivity index is 1.65. The molecule has 0 aliphatic carbocycles. The lowest BCUT2D eigenvalue weighted by molar-refractivity contribution is -0.123. The van der Waals surface area contributed by atoms with E-state index >= 15 is 0 Å². The lowest BCUT2D eigenvalue weighted by atomic mass is 10.2. The standard InChI is InChI=1S/C22H30N4O6S/c1-13-11-26(12-14(2)31-13)33(29,30)19-9-7-18(8-10-19)22(28)32-17(5)21(27)23-20-15(3)24-25(6)16(20)4/h7-10,13-14,17H,11-12H2,1-6H3,(H,23,27). The first-order chi connectivity index (χ1) is 15.4. The van der Waals surface area contributed by atoms with Crippen molar-refractivity contribution in [2.24, 2.45) is 7.05 Å². The van der Waals surface area contributed by atoms with Crippen molar-refractivity contribution in [3.63, 3.8) is 0 Å². The zero-order valence-corrected chi connectivity index (χ0v) is 20.5. The number of sulfonamides is 1. The van der Waals surface area contributed by atoms with Crippen molar-refractivity contribution in [2.45, 2.75) is 57.8 Å². The third-order valence-electron chi connectivity index (χ3n) is 5.52. The highest BCUT2D eigenvalue weighted by Gasteiger charge is 2.32. The summed E-state index contributed by atoms with van der Waals surface area (Å²) in [5, 5.41) is 6.97. The van der Waals surface area contributed by atoms with Gasteiger partial charge in [-0.05, 0) is 58.9 Å². The van der Waals surface area contributed by atoms with Crippen molar-refractivity contribution in [3.05, 3.63) is 41.2 Å². The van der Waals surface area contributed by atoms with Gasteiger partial charge in [-0.3, -0.25) is 9.48 Å². The number of aryl methyl sites for hydroxylation is 2. The van der Waals surface area contributed by atoms with Gasteiger partial charge in [0.2, 0.25) is 10.0 Å². The number of nitrogens with one attached hydrogen (secondary N) is 1. The third kappa shape index (κ3) is 5.43. The van der Waals surface area contributed by atoms with Crippen LogP contribution >= 0.6 is 0 Å². The second-order valence-electron chi connectivity index (χ2n) is 8.31. The zero-order valence-electron chi connectivity index (χ0n) is 19.7. The lowest BCUT2D eigenvalue weighted by Gasteiger charge is -2.34. The molecule has 2 heterocycles. The number of carbonyl (C=O) groups is 2. The second-order valence-corrected chi connectivity index (χ2v) is 10.2. The number of hydrogen-bond donors (Lipinski definition) is 1. The van der Waals surface area contributed by atoms with E-state index < -0.39 is 28.0 Å². The van der Waals surface area contributed by atoms with Crippen LogP contribution in [0.4, 0.5) is 5.69 Å². The predicted molar refractivity (Wildman–Crippen MR) is 121 cm³/mol. The van der Waals surface area contributed by atoms with Crippen LogP contribution in [-0.2, 0) is 31.3 Å². The molecule has 0 saturated carbocycles. The highest BCUT2D eigenvalue weighted by Crippen LogP contribution is 2.22. The number of morpholine rings is 1. The van der Waals surface area contributed by atoms with Crippen molar-refractivity contribution in [1.29, 1.82) is 0 Å². The van der Waals surface area contributed by atoms with Gasteiger partial charge in [0.1, 0.15) is 0 Å². The molecule has 3 rings (SSSR count). The van der Waals surface area contributed by atoms with Gasteiger partial charge < -0.3 is 14.8 Å². The molecule has 1 N–H and O–H groups in total. The van der Waals surface area contributed by atoms with E-state index in [2.05, 4.69) is 10.4 Å². The Hall–Kier alpha value is -2.76. The maximum Gasteiger partial charge on any atom is 0.338 e. The number of amides is 1. The fraction of sp³-hybridized carbons (Fsp3) is 0.500. The summed E-state index contributed by atoms with van der Waals surface area (Å²) in [5.41, 5.74) is 2.15. The van der Waals surface area contributed by atoms with Gasteiger partial charge in [0.15, 0.2) is 6.10 Å². The topological polar surface area (TPSA) is 120 Å². The molecular weight excluding hydrogens is 448 g/mol. The molecule has 1 aliphatic rings. The van der Waals surface area contributed by atoms with E-state index in [1.54, 1.807) is 18.7 Å². The van der Waals surface area contributed by atoms with Gasteiger partial charge in [-0.25, -0.2) is 13.2 Å². The number of benzene rings is 1. The first kappa shape index (κ1) is 24.9. The average Bonchev–Trinajstić information content (AvgIpc) is 2.98. The first-order valence-electron chi connectivity index (χ1n) is 10.7. The molecule has 1 saturated heterocycles. The normalized spacial score (nSPS) is 20.3. The SMILES string of the molecule is Cc1nn(C)c(C)c1NC(=O)C(C)OC(=O)c1ccc(S(=O)(=O)N2CC(C)OC(C)C2)cc1. The van der Waals surface area contributed by atoms with Crippen LogP contribution in [0.15, 0.2) is 29.2 Å². The Morgan fingerprint density at radius 1 is 1.15 bits per heavy atom. The van der Waals surface area contributed by atoms with Gasteiger partial charge in [0.05, 0.1) is 39.7 Å². The van der Waals surface area contributed by atoms with E-state index in [-0.39, 0.29) is 35.8 Å². The number of nitrogens with zero attached hydrogens (tertiary/aromatic N) is 3. The molecule has 3 atom stereocenters. The summed E-state index contributed by atoms with van der Waals surface area (Å²) in [5.74, 6) is -1.22. The van der Waals surface area contributed by atoms with E-state index in [4.69, 9.17) is 9.47 Å². The monoisotopic (exact) mass is 478 g/mol. The molecule has 10 nitrogen and oxygen atoms in total. The Morgan fingerprint density at radius 3 is 2.24 bits per heavy atom. The van der Waals surface area contributed by atoms with Gasteiger partial charge >= 0.3 is 5.97 Å². The quantitative estimate of drug-likeness (QED) is 0.631. The maximum atomic E-state index is 13.0. The number of anilines is 1. The second kappa shape index (κ2) is 9.62. The van der Waals surface area contributed by atoms with Gasteiger partial charge in [0.25, 0.3) is 5.91 Å². The van der Waals surface area contributed by atoms with E-state index in [1.807, 2.05) is 20.8 Å². The zero-order chi connectivity index (χ0) is 24.5. The number of rotatable bonds is 6. The summed E-state index contributed by atoms with van der Waals surface area (Å²) >= 11 is 0. The molecule has 1 aromatic carbocycles. The fourth-order valence-electron chi connectivity index (χ4n) is 3.70. The molecule has 1 amide bonds. The van der Waals surface area contributed by atoms with Crippen LogP contribution in [0.1, 0.15) is 42.5 Å². The number of aromatic nitrogens is 2. The Labute approximate surface area is 193 Å². The summed E-state index contributed by atoms with van der Waals surface area (Å²) in [4.78, 5) is 25.1. The first-order valence-corrected chi connectivity index (χ1v) is 12.1. The minimum absolute atomic E-state index is 0.0775. The van der Waals surface area contributed by atoms with Gasteiger partial charge in [-0.2, -0.15) is 9.40 Å². The number of hydrogen-bond acceptors (Lipinski definition) is 7. The summed E-state index contributed by atoms with van der Waals surface area (Å²) in [6, 6.07) is 5.48. The smallest absolute Gasteiger partial charge is 0.338 e. The fourth-order valence-corrected chi connectivity index (χ4v) is 5.29. The van der Waals surface area contributed by atoms with Crippen LogP contribution < -0.4 is 5.32 Å². The molecular formula is C22H30N4O6S. The van der Waals surface area contributed by atoms with Crippen molar-refractivity contribution in [2.75, 3.05) is 18.4 Å². The van der Waals surface area contributed by atoms with Crippen LogP contribution in [0.2, 0.25) is 0 Å². The maximum absolute atomic E-state index is 13.0. The van der Waals surface area contributed by atoms with Crippen molar-refractivity contribution >= 4 is 27.6 Å². The lowest BCUT2D eigenvalue weighted by Crippen LogP contribution is -2.48. The molecule has 2 aromatic rings. The highest BCUT2D eigenvalue weighted by atomic mass is 32.2. The van der Waals surface area contributed by atoms with Crippen LogP contribution in [-0.4, -0.2) is 65.8 Å². The van der Waals surface area contributed by atoms with Crippen LogP contribution in [0, 0.1) is 13.8 Å². The average molecular weight is 479 g/mol. The number of ether oxygens (including phenoxy) is 2. The molecule has 1 fully saturated rings. The van der Waals surface area contributed by atoms with Crippen molar-refractivity contribution in [3.8, 4) is 0 Å². The van der Waals surface area contributed by atoms with Crippen LogP contribution in [0.25, 0.3) is 0 Å². The van der Waals surface area contributed by atoms with Crippen molar-refractivity contribution in [1.82, 2.24) is 14.1 Å². The molecule has 0 bridgehead atoms. The molecule has 3 unspecified atom stereocenters. The summed E-state index contributed by atoms with van der Waals surface area (Å²) < 4.78 is 39.8. The summed E-state index contributed by atoms with van der Waals surface area (Å²) in [7, 11) is -1.95. The predicted octanol–water partition coefficient (Wildman–Crippen LogP) is 2.02. The number of carbonyl (C=O) groups excluding carboxylic acids is 2.